The van der Waals surface area contributed by atoms with Gasteiger partial charge in [-0.2, -0.15) is 0 Å². The van der Waals surface area contributed by atoms with E-state index in [9.17, 15) is 0 Å². The van der Waals surface area contributed by atoms with Crippen LogP contribution in [0.2, 0.25) is 0 Å². The highest BCUT2D eigenvalue weighted by Crippen LogP contribution is 2.28. The SMILES string of the molecule is CCCc1cccc([C](C)CO)c1Br. The first-order valence-electron chi connectivity index (χ1n) is 4.91. The number of aryl methyl sites for hydroxylation is 1. The average Bonchev–Trinajstić information content (AvgIpc) is 2.20. The van der Waals surface area contributed by atoms with Crippen molar-refractivity contribution in [3.05, 3.63) is 39.7 Å². The number of aliphatic hydroxyl groups is 1. The molecule has 1 N–H and O–H groups in total. The second kappa shape index (κ2) is 5.52. The van der Waals surface area contributed by atoms with Crippen molar-refractivity contribution in [3.8, 4) is 0 Å². The topological polar surface area (TPSA) is 20.2 Å². The van der Waals surface area contributed by atoms with E-state index in [1.165, 1.54) is 5.56 Å². The Morgan fingerprint density at radius 2 is 2.14 bits per heavy atom. The molecule has 2 heteroatoms. The molecule has 0 spiro atoms. The van der Waals surface area contributed by atoms with Crippen molar-refractivity contribution in [2.45, 2.75) is 26.7 Å². The number of hydrogen-bond acceptors (Lipinski definition) is 1. The zero-order valence-electron chi connectivity index (χ0n) is 8.68. The number of hydrogen-bond donors (Lipinski definition) is 1. The van der Waals surface area contributed by atoms with Gasteiger partial charge in [0.05, 0.1) is 6.61 Å². The van der Waals surface area contributed by atoms with Crippen molar-refractivity contribution in [2.75, 3.05) is 6.61 Å². The zero-order valence-corrected chi connectivity index (χ0v) is 10.3. The number of aliphatic hydroxyl groups excluding tert-OH is 1. The number of benzene rings is 1. The lowest BCUT2D eigenvalue weighted by atomic mass is 9.98. The highest BCUT2D eigenvalue weighted by atomic mass is 79.9. The molecule has 0 saturated carbocycles. The van der Waals surface area contributed by atoms with Crippen LogP contribution in [-0.2, 0) is 6.42 Å². The fraction of sp³-hybridized carbons (Fsp3) is 0.417. The van der Waals surface area contributed by atoms with Crippen LogP contribution in [0.1, 0.15) is 31.4 Å². The van der Waals surface area contributed by atoms with Crippen LogP contribution >= 0.6 is 15.9 Å². The fourth-order valence-corrected chi connectivity index (χ4v) is 2.26. The molecule has 0 aliphatic heterocycles. The molecule has 0 unspecified atom stereocenters. The lowest BCUT2D eigenvalue weighted by Gasteiger charge is -2.13. The highest BCUT2D eigenvalue weighted by Gasteiger charge is 2.10. The Morgan fingerprint density at radius 3 is 2.71 bits per heavy atom. The van der Waals surface area contributed by atoms with Gasteiger partial charge in [0.25, 0.3) is 0 Å². The summed E-state index contributed by atoms with van der Waals surface area (Å²) in [4.78, 5) is 0. The third-order valence-corrected chi connectivity index (χ3v) is 3.23. The van der Waals surface area contributed by atoms with Gasteiger partial charge >= 0.3 is 0 Å². The monoisotopic (exact) mass is 255 g/mol. The van der Waals surface area contributed by atoms with Crippen LogP contribution in [-0.4, -0.2) is 11.7 Å². The Bertz CT molecular complexity index is 296. The normalized spacial score (nSPS) is 10.9. The van der Waals surface area contributed by atoms with Crippen molar-refractivity contribution in [1.29, 1.82) is 0 Å². The molecule has 0 amide bonds. The first kappa shape index (κ1) is 11.7. The Kier molecular flexibility index (Phi) is 4.63. The van der Waals surface area contributed by atoms with E-state index in [-0.39, 0.29) is 6.61 Å². The molecule has 1 aromatic carbocycles. The highest BCUT2D eigenvalue weighted by molar-refractivity contribution is 9.10. The maximum Gasteiger partial charge on any atom is 0.0535 e. The van der Waals surface area contributed by atoms with E-state index in [0.29, 0.717) is 0 Å². The molecule has 1 radical (unpaired) electrons. The van der Waals surface area contributed by atoms with Gasteiger partial charge in [-0.25, -0.2) is 0 Å². The zero-order chi connectivity index (χ0) is 10.6. The van der Waals surface area contributed by atoms with Gasteiger partial charge < -0.3 is 5.11 Å². The second-order valence-corrected chi connectivity index (χ2v) is 4.26. The van der Waals surface area contributed by atoms with Crippen LogP contribution in [0.3, 0.4) is 0 Å². The molecule has 0 heterocycles. The van der Waals surface area contributed by atoms with Crippen LogP contribution in [0.4, 0.5) is 0 Å². The molecule has 14 heavy (non-hydrogen) atoms. The van der Waals surface area contributed by atoms with Crippen LogP contribution < -0.4 is 0 Å². The van der Waals surface area contributed by atoms with E-state index in [0.717, 1.165) is 28.8 Å². The molecular weight excluding hydrogens is 240 g/mol. The Labute approximate surface area is 94.3 Å². The van der Waals surface area contributed by atoms with Crippen LogP contribution in [0.25, 0.3) is 0 Å². The molecule has 1 aromatic rings. The summed E-state index contributed by atoms with van der Waals surface area (Å²) in [7, 11) is 0. The number of rotatable bonds is 4. The first-order chi connectivity index (χ1) is 6.70. The van der Waals surface area contributed by atoms with Gasteiger partial charge in [-0.05, 0) is 17.5 Å². The molecule has 1 rings (SSSR count). The van der Waals surface area contributed by atoms with Gasteiger partial charge in [0.1, 0.15) is 0 Å². The molecule has 0 aliphatic rings. The van der Waals surface area contributed by atoms with E-state index < -0.39 is 0 Å². The minimum absolute atomic E-state index is 0.119. The summed E-state index contributed by atoms with van der Waals surface area (Å²) >= 11 is 3.59. The van der Waals surface area contributed by atoms with Gasteiger partial charge in [0.15, 0.2) is 0 Å². The third kappa shape index (κ3) is 2.58. The van der Waals surface area contributed by atoms with Crippen molar-refractivity contribution in [1.82, 2.24) is 0 Å². The second-order valence-electron chi connectivity index (χ2n) is 3.47. The van der Waals surface area contributed by atoms with E-state index in [1.807, 2.05) is 19.1 Å². The lowest BCUT2D eigenvalue weighted by molar-refractivity contribution is 0.314. The van der Waals surface area contributed by atoms with Crippen LogP contribution in [0, 0.1) is 5.92 Å². The molecule has 77 valence electrons. The molecule has 0 aromatic heterocycles. The predicted molar refractivity (Wildman–Crippen MR) is 63.2 cm³/mol. The molecule has 0 bridgehead atoms. The Hall–Kier alpha value is -0.340. The van der Waals surface area contributed by atoms with Crippen molar-refractivity contribution in [2.24, 2.45) is 0 Å². The minimum atomic E-state index is 0.119. The summed E-state index contributed by atoms with van der Waals surface area (Å²) in [6.07, 6.45) is 2.22. The van der Waals surface area contributed by atoms with Gasteiger partial charge in [0.2, 0.25) is 0 Å². The summed E-state index contributed by atoms with van der Waals surface area (Å²) in [5, 5.41) is 9.08. The van der Waals surface area contributed by atoms with Crippen LogP contribution in [0.15, 0.2) is 22.7 Å². The molecule has 0 atom stereocenters. The van der Waals surface area contributed by atoms with Crippen molar-refractivity contribution >= 4 is 15.9 Å². The summed E-state index contributed by atoms with van der Waals surface area (Å²) in [6, 6.07) is 6.21. The number of halogens is 1. The third-order valence-electron chi connectivity index (χ3n) is 2.29. The summed E-state index contributed by atoms with van der Waals surface area (Å²) in [6.45, 7) is 4.24. The predicted octanol–water partition coefficient (Wildman–Crippen LogP) is 3.34. The summed E-state index contributed by atoms with van der Waals surface area (Å²) in [5.41, 5.74) is 2.44. The summed E-state index contributed by atoms with van der Waals surface area (Å²) in [5.74, 6) is 1.01. The van der Waals surface area contributed by atoms with Crippen LogP contribution in [0.5, 0.6) is 0 Å². The molecule has 0 fully saturated rings. The fourth-order valence-electron chi connectivity index (χ4n) is 1.46. The van der Waals surface area contributed by atoms with Crippen molar-refractivity contribution in [3.63, 3.8) is 0 Å². The standard InChI is InChI=1S/C12H16BrO/c1-3-5-10-6-4-7-11(12(10)13)9(2)8-14/h4,6-7,14H,3,5,8H2,1-2H3. The Balaban J connectivity index is 3.00. The van der Waals surface area contributed by atoms with Gasteiger partial charge in [-0.1, -0.05) is 54.4 Å². The smallest absolute Gasteiger partial charge is 0.0535 e. The van der Waals surface area contributed by atoms with E-state index >= 15 is 0 Å². The van der Waals surface area contributed by atoms with E-state index in [1.54, 1.807) is 0 Å². The quantitative estimate of drug-likeness (QED) is 0.876. The average molecular weight is 256 g/mol. The van der Waals surface area contributed by atoms with E-state index in [4.69, 9.17) is 5.11 Å². The molecule has 0 aliphatic carbocycles. The van der Waals surface area contributed by atoms with Crippen molar-refractivity contribution < 1.29 is 5.11 Å². The molecule has 0 saturated heterocycles. The maximum absolute atomic E-state index is 9.08. The molecule has 1 nitrogen and oxygen atoms in total. The summed E-state index contributed by atoms with van der Waals surface area (Å²) < 4.78 is 1.13. The van der Waals surface area contributed by atoms with Gasteiger partial charge in [-0.3, -0.25) is 0 Å². The first-order valence-corrected chi connectivity index (χ1v) is 5.71. The largest absolute Gasteiger partial charge is 0.395 e. The van der Waals surface area contributed by atoms with Gasteiger partial charge in [0, 0.05) is 10.4 Å². The lowest BCUT2D eigenvalue weighted by Crippen LogP contribution is -2.02. The minimum Gasteiger partial charge on any atom is -0.395 e. The maximum atomic E-state index is 9.08. The van der Waals surface area contributed by atoms with E-state index in [2.05, 4.69) is 28.9 Å². The molecular formula is C12H16BrO. The van der Waals surface area contributed by atoms with Gasteiger partial charge in [-0.15, -0.1) is 0 Å². The Morgan fingerprint density at radius 1 is 1.43 bits per heavy atom.